The zero-order valence-electron chi connectivity index (χ0n) is 8.12. The van der Waals surface area contributed by atoms with Crippen molar-refractivity contribution >= 4 is 10.9 Å². The SMILES string of the molecule is COc1c(F)c(F)c2[nH]c(C)cc2c1F. The van der Waals surface area contributed by atoms with Crippen LogP contribution in [0.3, 0.4) is 0 Å². The highest BCUT2D eigenvalue weighted by Crippen LogP contribution is 2.32. The van der Waals surface area contributed by atoms with Gasteiger partial charge in [0, 0.05) is 11.1 Å². The molecular formula is C10H8F3NO. The molecule has 0 aliphatic heterocycles. The lowest BCUT2D eigenvalue weighted by Crippen LogP contribution is -1.97. The van der Waals surface area contributed by atoms with Crippen molar-refractivity contribution < 1.29 is 17.9 Å². The molecule has 0 bridgehead atoms. The molecule has 5 heteroatoms. The largest absolute Gasteiger partial charge is 0.491 e. The molecule has 2 rings (SSSR count). The summed E-state index contributed by atoms with van der Waals surface area (Å²) in [6.45, 7) is 1.63. The summed E-state index contributed by atoms with van der Waals surface area (Å²) in [7, 11) is 1.09. The highest BCUT2D eigenvalue weighted by atomic mass is 19.2. The topological polar surface area (TPSA) is 25.0 Å². The molecule has 0 saturated heterocycles. The highest BCUT2D eigenvalue weighted by Gasteiger charge is 2.21. The van der Waals surface area contributed by atoms with Gasteiger partial charge in [-0.05, 0) is 13.0 Å². The number of H-pyrrole nitrogens is 1. The Morgan fingerprint density at radius 2 is 1.80 bits per heavy atom. The first-order chi connectivity index (χ1) is 7.06. The van der Waals surface area contributed by atoms with Gasteiger partial charge in [0.2, 0.25) is 5.82 Å². The number of aromatic nitrogens is 1. The van der Waals surface area contributed by atoms with Crippen LogP contribution in [-0.2, 0) is 0 Å². The zero-order valence-corrected chi connectivity index (χ0v) is 8.12. The Labute approximate surface area is 83.7 Å². The van der Waals surface area contributed by atoms with Gasteiger partial charge in [0.1, 0.15) is 0 Å². The molecule has 0 unspecified atom stereocenters. The Hall–Kier alpha value is -1.65. The van der Waals surface area contributed by atoms with E-state index in [1.54, 1.807) is 6.92 Å². The molecule has 80 valence electrons. The van der Waals surface area contributed by atoms with Gasteiger partial charge in [-0.15, -0.1) is 0 Å². The minimum Gasteiger partial charge on any atom is -0.491 e. The van der Waals surface area contributed by atoms with Crippen LogP contribution in [0.5, 0.6) is 5.75 Å². The van der Waals surface area contributed by atoms with E-state index >= 15 is 0 Å². The normalized spacial score (nSPS) is 11.0. The van der Waals surface area contributed by atoms with E-state index in [4.69, 9.17) is 0 Å². The Balaban J connectivity index is 2.94. The number of aryl methyl sites for hydroxylation is 1. The van der Waals surface area contributed by atoms with E-state index < -0.39 is 23.2 Å². The minimum absolute atomic E-state index is 0.0109. The summed E-state index contributed by atoms with van der Waals surface area (Å²) in [4.78, 5) is 2.55. The van der Waals surface area contributed by atoms with E-state index in [2.05, 4.69) is 9.72 Å². The molecule has 0 amide bonds. The fraction of sp³-hybridized carbons (Fsp3) is 0.200. The fourth-order valence-corrected chi connectivity index (χ4v) is 1.54. The average molecular weight is 215 g/mol. The summed E-state index contributed by atoms with van der Waals surface area (Å²) in [5, 5.41) is -0.0109. The molecule has 0 saturated carbocycles. The third-order valence-electron chi connectivity index (χ3n) is 2.20. The van der Waals surface area contributed by atoms with E-state index in [0.29, 0.717) is 5.69 Å². The third-order valence-corrected chi connectivity index (χ3v) is 2.20. The number of hydrogen-bond donors (Lipinski definition) is 1. The van der Waals surface area contributed by atoms with Crippen LogP contribution in [0.15, 0.2) is 6.07 Å². The first kappa shape index (κ1) is 9.89. The highest BCUT2D eigenvalue weighted by molar-refractivity contribution is 5.83. The maximum absolute atomic E-state index is 13.6. The molecule has 15 heavy (non-hydrogen) atoms. The molecule has 0 aliphatic carbocycles. The Bertz CT molecular complexity index is 533. The molecule has 2 aromatic rings. The number of nitrogens with one attached hydrogen (secondary N) is 1. The molecule has 0 spiro atoms. The van der Waals surface area contributed by atoms with Crippen molar-refractivity contribution in [2.75, 3.05) is 7.11 Å². The molecule has 0 aliphatic rings. The van der Waals surface area contributed by atoms with Crippen LogP contribution in [0, 0.1) is 24.4 Å². The van der Waals surface area contributed by atoms with Crippen molar-refractivity contribution in [1.82, 2.24) is 4.98 Å². The number of ether oxygens (including phenoxy) is 1. The monoisotopic (exact) mass is 215 g/mol. The van der Waals surface area contributed by atoms with Crippen molar-refractivity contribution in [2.45, 2.75) is 6.92 Å². The number of rotatable bonds is 1. The Kier molecular flexibility index (Phi) is 2.10. The Morgan fingerprint density at radius 3 is 2.40 bits per heavy atom. The van der Waals surface area contributed by atoms with E-state index in [9.17, 15) is 13.2 Å². The van der Waals surface area contributed by atoms with Gasteiger partial charge in [-0.2, -0.15) is 4.39 Å². The quantitative estimate of drug-likeness (QED) is 0.727. The van der Waals surface area contributed by atoms with Gasteiger partial charge in [-0.1, -0.05) is 0 Å². The first-order valence-corrected chi connectivity index (χ1v) is 4.26. The second-order valence-corrected chi connectivity index (χ2v) is 3.22. The summed E-state index contributed by atoms with van der Waals surface area (Å²) >= 11 is 0. The molecular weight excluding hydrogens is 207 g/mol. The molecule has 1 heterocycles. The predicted molar refractivity (Wildman–Crippen MR) is 49.5 cm³/mol. The second-order valence-electron chi connectivity index (χ2n) is 3.22. The zero-order chi connectivity index (χ0) is 11.2. The van der Waals surface area contributed by atoms with E-state index in [0.717, 1.165) is 7.11 Å². The van der Waals surface area contributed by atoms with Crippen molar-refractivity contribution in [3.05, 3.63) is 29.2 Å². The second kappa shape index (κ2) is 3.18. The van der Waals surface area contributed by atoms with Gasteiger partial charge < -0.3 is 9.72 Å². The lowest BCUT2D eigenvalue weighted by molar-refractivity contribution is 0.351. The van der Waals surface area contributed by atoms with Crippen LogP contribution in [-0.4, -0.2) is 12.1 Å². The average Bonchev–Trinajstić information content (AvgIpc) is 2.58. The van der Waals surface area contributed by atoms with Gasteiger partial charge in [-0.3, -0.25) is 0 Å². The van der Waals surface area contributed by atoms with Crippen molar-refractivity contribution in [2.24, 2.45) is 0 Å². The van der Waals surface area contributed by atoms with Crippen LogP contribution in [0.1, 0.15) is 5.69 Å². The van der Waals surface area contributed by atoms with Gasteiger partial charge in [0.15, 0.2) is 17.4 Å². The van der Waals surface area contributed by atoms with Crippen molar-refractivity contribution in [3.63, 3.8) is 0 Å². The minimum atomic E-state index is -1.32. The van der Waals surface area contributed by atoms with Crippen molar-refractivity contribution in [1.29, 1.82) is 0 Å². The molecule has 2 nitrogen and oxygen atoms in total. The smallest absolute Gasteiger partial charge is 0.205 e. The predicted octanol–water partition coefficient (Wildman–Crippen LogP) is 2.90. The molecule has 1 aromatic heterocycles. The van der Waals surface area contributed by atoms with Crippen LogP contribution in [0.2, 0.25) is 0 Å². The summed E-state index contributed by atoms with van der Waals surface area (Å²) < 4.78 is 44.7. The third kappa shape index (κ3) is 1.26. The first-order valence-electron chi connectivity index (χ1n) is 4.26. The molecule has 0 radical (unpaired) electrons. The Morgan fingerprint density at radius 1 is 1.13 bits per heavy atom. The molecule has 0 fully saturated rings. The number of methoxy groups -OCH3 is 1. The van der Waals surface area contributed by atoms with Gasteiger partial charge in [-0.25, -0.2) is 8.78 Å². The maximum atomic E-state index is 13.6. The summed E-state index contributed by atoms with van der Waals surface area (Å²) in [6, 6.07) is 1.40. The van der Waals surface area contributed by atoms with E-state index in [1.807, 2.05) is 0 Å². The molecule has 1 aromatic carbocycles. The van der Waals surface area contributed by atoms with Crippen LogP contribution in [0.25, 0.3) is 10.9 Å². The lowest BCUT2D eigenvalue weighted by Gasteiger charge is -2.05. The van der Waals surface area contributed by atoms with Crippen molar-refractivity contribution in [3.8, 4) is 5.75 Å². The maximum Gasteiger partial charge on any atom is 0.205 e. The molecule has 1 N–H and O–H groups in total. The van der Waals surface area contributed by atoms with Gasteiger partial charge in [0.05, 0.1) is 12.6 Å². The number of benzene rings is 1. The van der Waals surface area contributed by atoms with E-state index in [1.165, 1.54) is 6.07 Å². The number of halogens is 3. The summed E-state index contributed by atoms with van der Waals surface area (Å²) in [5.41, 5.74) is 0.374. The van der Waals surface area contributed by atoms with Crippen LogP contribution in [0.4, 0.5) is 13.2 Å². The lowest BCUT2D eigenvalue weighted by atomic mass is 10.2. The number of hydrogen-bond acceptors (Lipinski definition) is 1. The van der Waals surface area contributed by atoms with Gasteiger partial charge in [0.25, 0.3) is 0 Å². The summed E-state index contributed by atoms with van der Waals surface area (Å²) in [6.07, 6.45) is 0. The number of fused-ring (bicyclic) bond motifs is 1. The van der Waals surface area contributed by atoms with Gasteiger partial charge >= 0.3 is 0 Å². The van der Waals surface area contributed by atoms with Crippen LogP contribution < -0.4 is 4.74 Å². The van der Waals surface area contributed by atoms with E-state index in [-0.39, 0.29) is 10.9 Å². The number of aromatic amines is 1. The fourth-order valence-electron chi connectivity index (χ4n) is 1.54. The summed E-state index contributed by atoms with van der Waals surface area (Å²) in [5.74, 6) is -4.03. The standard InChI is InChI=1S/C10H8F3NO/c1-4-3-5-6(11)10(15-2)8(13)7(12)9(5)14-4/h3,14H,1-2H3. The molecule has 0 atom stereocenters. The van der Waals surface area contributed by atoms with Crippen LogP contribution >= 0.6 is 0 Å².